The summed E-state index contributed by atoms with van der Waals surface area (Å²) in [7, 11) is 0. The Morgan fingerprint density at radius 3 is 2.59 bits per heavy atom. The number of ketones is 2. The molecule has 0 spiro atoms. The van der Waals surface area contributed by atoms with E-state index in [0.29, 0.717) is 18.4 Å². The van der Waals surface area contributed by atoms with Crippen LogP contribution in [0.5, 0.6) is 0 Å². The molecule has 1 fully saturated rings. The highest BCUT2D eigenvalue weighted by atomic mass is 16.6. The minimum absolute atomic E-state index is 0.0547. The number of hydrogen-bond donors (Lipinski definition) is 2. The second kappa shape index (κ2) is 7.71. The lowest BCUT2D eigenvalue weighted by atomic mass is 9.63. The van der Waals surface area contributed by atoms with Gasteiger partial charge in [0.15, 0.2) is 11.9 Å². The number of carbonyl (C=O) groups excluding carboxylic acids is 3. The number of Topliss-reactive ketones (excluding diaryl/α,β-unsaturated/α-hetero) is 2. The zero-order chi connectivity index (χ0) is 21.6. The first-order valence-electron chi connectivity index (χ1n) is 10.6. The zero-order valence-electron chi connectivity index (χ0n) is 17.7. The number of hydrogen-bond acceptors (Lipinski definition) is 6. The molecule has 3 aliphatic rings. The van der Waals surface area contributed by atoms with Gasteiger partial charge in [0.2, 0.25) is 5.78 Å². The highest BCUT2D eigenvalue weighted by Gasteiger charge is 2.65. The Labute approximate surface area is 172 Å². The Bertz CT molecular complexity index is 776. The fourth-order valence-corrected chi connectivity index (χ4v) is 5.44. The molecule has 1 unspecified atom stereocenters. The van der Waals surface area contributed by atoms with E-state index >= 15 is 0 Å². The third kappa shape index (κ3) is 3.45. The second-order valence-corrected chi connectivity index (χ2v) is 9.59. The summed E-state index contributed by atoms with van der Waals surface area (Å²) >= 11 is 0. The molecule has 0 bridgehead atoms. The number of carbonyl (C=O) groups is 3. The molecule has 0 aromatic heterocycles. The van der Waals surface area contributed by atoms with Gasteiger partial charge in [-0.3, -0.25) is 9.59 Å². The van der Waals surface area contributed by atoms with Crippen LogP contribution in [-0.4, -0.2) is 40.0 Å². The molecule has 6 nitrogen and oxygen atoms in total. The van der Waals surface area contributed by atoms with Crippen LogP contribution < -0.4 is 0 Å². The maximum absolute atomic E-state index is 12.8. The molecule has 1 saturated carbocycles. The van der Waals surface area contributed by atoms with Gasteiger partial charge in [0.1, 0.15) is 6.10 Å². The number of unbranched alkanes of at least 4 members (excludes halogenated alkanes) is 3. The van der Waals surface area contributed by atoms with E-state index in [9.17, 15) is 24.6 Å². The maximum Gasteiger partial charge on any atom is 0.335 e. The van der Waals surface area contributed by atoms with E-state index in [0.717, 1.165) is 25.7 Å². The summed E-state index contributed by atoms with van der Waals surface area (Å²) in [5.74, 6) is -3.21. The summed E-state index contributed by atoms with van der Waals surface area (Å²) in [6, 6.07) is 0. The molecule has 0 amide bonds. The van der Waals surface area contributed by atoms with Crippen molar-refractivity contribution in [3.05, 3.63) is 23.5 Å². The quantitative estimate of drug-likeness (QED) is 0.383. The number of rotatable bonds is 7. The average molecular weight is 405 g/mol. The van der Waals surface area contributed by atoms with E-state index in [-0.39, 0.29) is 5.92 Å². The Hall–Kier alpha value is -1.95. The van der Waals surface area contributed by atoms with Gasteiger partial charge in [-0.15, -0.1) is 0 Å². The minimum Gasteiger partial charge on any atom is -0.504 e. The van der Waals surface area contributed by atoms with Crippen LogP contribution in [0.3, 0.4) is 0 Å². The smallest absolute Gasteiger partial charge is 0.335 e. The van der Waals surface area contributed by atoms with Gasteiger partial charge in [-0.2, -0.15) is 0 Å². The van der Waals surface area contributed by atoms with Gasteiger partial charge in [0.05, 0.1) is 5.41 Å². The first-order valence-corrected chi connectivity index (χ1v) is 10.6. The third-order valence-corrected chi connectivity index (χ3v) is 7.05. The van der Waals surface area contributed by atoms with Crippen molar-refractivity contribution in [1.29, 1.82) is 0 Å². The summed E-state index contributed by atoms with van der Waals surface area (Å²) in [5.41, 5.74) is -1.34. The lowest BCUT2D eigenvalue weighted by molar-refractivity contribution is -0.170. The van der Waals surface area contributed by atoms with Gasteiger partial charge >= 0.3 is 5.97 Å². The monoisotopic (exact) mass is 404 g/mol. The average Bonchev–Trinajstić information content (AvgIpc) is 3.02. The number of esters is 1. The zero-order valence-corrected chi connectivity index (χ0v) is 17.7. The number of aliphatic hydroxyl groups excluding tert-OH is 2. The molecule has 0 saturated heterocycles. The molecule has 0 radical (unpaired) electrons. The van der Waals surface area contributed by atoms with Gasteiger partial charge in [0.25, 0.3) is 5.78 Å². The minimum atomic E-state index is -1.22. The Morgan fingerprint density at radius 2 is 1.93 bits per heavy atom. The molecule has 160 valence electrons. The topological polar surface area (TPSA) is 101 Å². The number of allylic oxidation sites excluding steroid dienone is 4. The third-order valence-electron chi connectivity index (χ3n) is 7.05. The van der Waals surface area contributed by atoms with E-state index in [4.69, 9.17) is 4.74 Å². The van der Waals surface area contributed by atoms with E-state index in [1.54, 1.807) is 13.0 Å². The summed E-state index contributed by atoms with van der Waals surface area (Å²) in [5, 5.41) is 20.5. The van der Waals surface area contributed by atoms with E-state index in [2.05, 4.69) is 6.92 Å². The predicted octanol–water partition coefficient (Wildman–Crippen LogP) is 3.43. The summed E-state index contributed by atoms with van der Waals surface area (Å²) in [6.07, 6.45) is 6.59. The van der Waals surface area contributed by atoms with Gasteiger partial charge in [-0.25, -0.2) is 4.79 Å². The standard InChI is InChI=1S/C23H32O6/c1-5-6-7-8-9-15(24)21(28)29-20-16-13(12-22(20,2)3)10-11-14-17(25)18(26)19(27)23(14,16)4/h10-11,13,15-16,20,24-25H,5-9,12H2,1-4H3/t13-,15?,16-,20+,23-/m0/s1. The molecule has 29 heavy (non-hydrogen) atoms. The normalized spacial score (nSPS) is 33.6. The first-order chi connectivity index (χ1) is 13.6. The second-order valence-electron chi connectivity index (χ2n) is 9.59. The van der Waals surface area contributed by atoms with Crippen molar-refractivity contribution < 1.29 is 29.3 Å². The van der Waals surface area contributed by atoms with Crippen molar-refractivity contribution in [1.82, 2.24) is 0 Å². The van der Waals surface area contributed by atoms with Crippen LogP contribution >= 0.6 is 0 Å². The largest absolute Gasteiger partial charge is 0.504 e. The molecule has 2 N–H and O–H groups in total. The maximum atomic E-state index is 12.8. The Kier molecular flexibility index (Phi) is 5.78. The lowest BCUT2D eigenvalue weighted by Gasteiger charge is -2.41. The molecule has 0 aromatic rings. The molecular weight excluding hydrogens is 372 g/mol. The van der Waals surface area contributed by atoms with Gasteiger partial charge in [-0.05, 0) is 25.7 Å². The van der Waals surface area contributed by atoms with Gasteiger partial charge < -0.3 is 14.9 Å². The van der Waals surface area contributed by atoms with E-state index < -0.39 is 52.3 Å². The van der Waals surface area contributed by atoms with Crippen LogP contribution in [0.2, 0.25) is 0 Å². The van der Waals surface area contributed by atoms with Gasteiger partial charge in [-0.1, -0.05) is 58.6 Å². The first kappa shape index (κ1) is 21.8. The summed E-state index contributed by atoms with van der Waals surface area (Å²) in [6.45, 7) is 7.70. The van der Waals surface area contributed by atoms with E-state index in [1.807, 2.05) is 19.9 Å². The SMILES string of the molecule is CCCCCCC(O)C(=O)O[C@@H]1[C@@H]2[C@@H](C=CC3=C(O)C(=O)C(=O)[C@@]32C)CC1(C)C. The van der Waals surface area contributed by atoms with Crippen molar-refractivity contribution in [2.75, 3.05) is 0 Å². The number of ether oxygens (including phenoxy) is 1. The lowest BCUT2D eigenvalue weighted by Crippen LogP contribution is -2.48. The van der Waals surface area contributed by atoms with Crippen LogP contribution in [0.4, 0.5) is 0 Å². The Balaban J connectivity index is 1.83. The molecule has 0 heterocycles. The van der Waals surface area contributed by atoms with Crippen LogP contribution in [0.15, 0.2) is 23.5 Å². The van der Waals surface area contributed by atoms with E-state index in [1.165, 1.54) is 0 Å². The van der Waals surface area contributed by atoms with Crippen molar-refractivity contribution >= 4 is 17.5 Å². The van der Waals surface area contributed by atoms with Crippen molar-refractivity contribution in [3.8, 4) is 0 Å². The predicted molar refractivity (Wildman–Crippen MR) is 107 cm³/mol. The highest BCUT2D eigenvalue weighted by molar-refractivity contribution is 6.48. The number of aliphatic hydroxyl groups is 2. The summed E-state index contributed by atoms with van der Waals surface area (Å²) in [4.78, 5) is 37.6. The van der Waals surface area contributed by atoms with Gasteiger partial charge in [0, 0.05) is 16.9 Å². The highest BCUT2D eigenvalue weighted by Crippen LogP contribution is 2.61. The molecule has 5 atom stereocenters. The van der Waals surface area contributed by atoms with Crippen molar-refractivity contribution in [3.63, 3.8) is 0 Å². The molecule has 3 rings (SSSR count). The fraction of sp³-hybridized carbons (Fsp3) is 0.696. The fourth-order valence-electron chi connectivity index (χ4n) is 5.44. The van der Waals surface area contributed by atoms with Crippen LogP contribution in [-0.2, 0) is 19.1 Å². The molecule has 6 heteroatoms. The van der Waals surface area contributed by atoms with Crippen molar-refractivity contribution in [2.24, 2.45) is 22.7 Å². The summed E-state index contributed by atoms with van der Waals surface area (Å²) < 4.78 is 5.82. The molecule has 3 aliphatic carbocycles. The van der Waals surface area contributed by atoms with Crippen LogP contribution in [0, 0.1) is 22.7 Å². The van der Waals surface area contributed by atoms with Crippen molar-refractivity contribution in [2.45, 2.75) is 78.4 Å². The van der Waals surface area contributed by atoms with Crippen LogP contribution in [0.1, 0.15) is 66.2 Å². The molecule has 0 aromatic carbocycles. The molecular formula is C23H32O6. The van der Waals surface area contributed by atoms with Crippen LogP contribution in [0.25, 0.3) is 0 Å². The number of fused-ring (bicyclic) bond motifs is 3. The Morgan fingerprint density at radius 1 is 1.24 bits per heavy atom. The molecule has 0 aliphatic heterocycles.